The number of carbonyl (C=O) groups is 1. The number of amides is 1. The molecule has 0 heterocycles. The zero-order chi connectivity index (χ0) is 17.1. The normalized spacial score (nSPS) is 11.0. The van der Waals surface area contributed by atoms with Crippen molar-refractivity contribution in [3.05, 3.63) is 48.0 Å². The van der Waals surface area contributed by atoms with Crippen molar-refractivity contribution < 1.29 is 4.79 Å². The van der Waals surface area contributed by atoms with Crippen molar-refractivity contribution in [3.63, 3.8) is 0 Å². The molecular weight excluding hydrogens is 288 g/mol. The second-order valence-corrected chi connectivity index (χ2v) is 5.04. The Labute approximate surface area is 139 Å². The van der Waals surface area contributed by atoms with Crippen LogP contribution in [0.2, 0.25) is 0 Å². The van der Waals surface area contributed by atoms with Gasteiger partial charge in [-0.3, -0.25) is 4.79 Å². The van der Waals surface area contributed by atoms with E-state index >= 15 is 0 Å². The van der Waals surface area contributed by atoms with E-state index in [1.54, 1.807) is 6.08 Å². The van der Waals surface area contributed by atoms with E-state index in [0.29, 0.717) is 13.1 Å². The Morgan fingerprint density at radius 3 is 2.35 bits per heavy atom. The number of guanidine groups is 1. The Morgan fingerprint density at radius 2 is 1.83 bits per heavy atom. The summed E-state index contributed by atoms with van der Waals surface area (Å²) < 4.78 is 0. The first kappa shape index (κ1) is 18.7. The van der Waals surface area contributed by atoms with Crippen LogP contribution in [0, 0.1) is 0 Å². The molecule has 1 amide bonds. The Kier molecular flexibility index (Phi) is 8.50. The van der Waals surface area contributed by atoms with Crippen molar-refractivity contribution in [2.45, 2.75) is 27.3 Å². The van der Waals surface area contributed by atoms with E-state index in [2.05, 4.69) is 22.2 Å². The van der Waals surface area contributed by atoms with Crippen LogP contribution in [0.25, 0.3) is 0 Å². The van der Waals surface area contributed by atoms with Crippen molar-refractivity contribution >= 4 is 11.9 Å². The highest BCUT2D eigenvalue weighted by molar-refractivity contribution is 5.94. The molecule has 0 unspecified atom stereocenters. The molecule has 0 aliphatic carbocycles. The van der Waals surface area contributed by atoms with Crippen LogP contribution >= 0.6 is 0 Å². The topological polar surface area (TPSA) is 56.7 Å². The van der Waals surface area contributed by atoms with Crippen molar-refractivity contribution in [2.75, 3.05) is 26.2 Å². The molecule has 0 radical (unpaired) electrons. The average Bonchev–Trinajstić information content (AvgIpc) is 2.58. The minimum absolute atomic E-state index is 0.0750. The number of hydrogen-bond acceptors (Lipinski definition) is 2. The molecule has 0 bridgehead atoms. The van der Waals surface area contributed by atoms with Gasteiger partial charge in [-0.05, 0) is 38.5 Å². The maximum Gasteiger partial charge on any atom is 0.253 e. The standard InChI is InChI=1S/C18H28N4O/c1-5-13-20-18(19-6-2)21-14-15-9-11-16(12-10-15)17(23)22(7-3)8-4/h5,9-12H,1,6-8,13-14H2,2-4H3,(H2,19,20,21). The Hall–Kier alpha value is -2.30. The number of aliphatic imine (C=N–C) groups is 1. The molecule has 23 heavy (non-hydrogen) atoms. The lowest BCUT2D eigenvalue weighted by Crippen LogP contribution is -2.37. The van der Waals surface area contributed by atoms with Crippen LogP contribution < -0.4 is 10.6 Å². The summed E-state index contributed by atoms with van der Waals surface area (Å²) in [5.74, 6) is 0.835. The SMILES string of the molecule is C=CCNC(=NCc1ccc(C(=O)N(CC)CC)cc1)NCC. The van der Waals surface area contributed by atoms with Gasteiger partial charge in [0.25, 0.3) is 5.91 Å². The summed E-state index contributed by atoms with van der Waals surface area (Å²) in [6.45, 7) is 13.2. The average molecular weight is 316 g/mol. The van der Waals surface area contributed by atoms with Crippen LogP contribution in [0.15, 0.2) is 41.9 Å². The smallest absolute Gasteiger partial charge is 0.253 e. The van der Waals surface area contributed by atoms with E-state index in [0.717, 1.165) is 36.7 Å². The third kappa shape index (κ3) is 6.14. The van der Waals surface area contributed by atoms with Crippen molar-refractivity contribution in [1.82, 2.24) is 15.5 Å². The van der Waals surface area contributed by atoms with E-state index in [1.165, 1.54) is 0 Å². The van der Waals surface area contributed by atoms with Gasteiger partial charge in [-0.25, -0.2) is 4.99 Å². The lowest BCUT2D eigenvalue weighted by molar-refractivity contribution is 0.0773. The fourth-order valence-electron chi connectivity index (χ4n) is 2.13. The van der Waals surface area contributed by atoms with Gasteiger partial charge in [-0.1, -0.05) is 18.2 Å². The van der Waals surface area contributed by atoms with Gasteiger partial charge in [0, 0.05) is 31.7 Å². The minimum Gasteiger partial charge on any atom is -0.357 e. The first-order valence-electron chi connectivity index (χ1n) is 8.17. The molecule has 0 saturated carbocycles. The van der Waals surface area contributed by atoms with Crippen LogP contribution in [0.3, 0.4) is 0 Å². The van der Waals surface area contributed by atoms with E-state index in [4.69, 9.17) is 0 Å². The second-order valence-electron chi connectivity index (χ2n) is 5.04. The van der Waals surface area contributed by atoms with Crippen molar-refractivity contribution in [1.29, 1.82) is 0 Å². The van der Waals surface area contributed by atoms with Crippen LogP contribution in [-0.2, 0) is 6.54 Å². The Balaban J connectivity index is 2.72. The molecule has 0 spiro atoms. The fourth-order valence-corrected chi connectivity index (χ4v) is 2.13. The van der Waals surface area contributed by atoms with Gasteiger partial charge in [0.15, 0.2) is 5.96 Å². The zero-order valence-corrected chi connectivity index (χ0v) is 14.4. The summed E-state index contributed by atoms with van der Waals surface area (Å²) in [6, 6.07) is 7.65. The zero-order valence-electron chi connectivity index (χ0n) is 14.4. The van der Waals surface area contributed by atoms with Crippen molar-refractivity contribution in [3.8, 4) is 0 Å². The highest BCUT2D eigenvalue weighted by atomic mass is 16.2. The number of nitrogens with zero attached hydrogens (tertiary/aromatic N) is 2. The first-order chi connectivity index (χ1) is 11.2. The van der Waals surface area contributed by atoms with Crippen LogP contribution in [0.4, 0.5) is 0 Å². The molecule has 5 nitrogen and oxygen atoms in total. The molecule has 2 N–H and O–H groups in total. The monoisotopic (exact) mass is 316 g/mol. The van der Waals surface area contributed by atoms with Gasteiger partial charge < -0.3 is 15.5 Å². The highest BCUT2D eigenvalue weighted by Crippen LogP contribution is 2.09. The fraction of sp³-hybridized carbons (Fsp3) is 0.444. The highest BCUT2D eigenvalue weighted by Gasteiger charge is 2.11. The molecule has 126 valence electrons. The number of nitrogens with one attached hydrogen (secondary N) is 2. The van der Waals surface area contributed by atoms with E-state index in [1.807, 2.05) is 49.9 Å². The maximum atomic E-state index is 12.3. The van der Waals surface area contributed by atoms with E-state index in [-0.39, 0.29) is 5.91 Å². The Morgan fingerprint density at radius 1 is 1.17 bits per heavy atom. The molecule has 0 aliphatic heterocycles. The predicted molar refractivity (Wildman–Crippen MR) is 96.7 cm³/mol. The van der Waals surface area contributed by atoms with E-state index in [9.17, 15) is 4.79 Å². The number of benzene rings is 1. The van der Waals surface area contributed by atoms with Gasteiger partial charge in [0.2, 0.25) is 0 Å². The Bertz CT molecular complexity index is 518. The minimum atomic E-state index is 0.0750. The van der Waals surface area contributed by atoms with Gasteiger partial charge in [0.05, 0.1) is 6.54 Å². The summed E-state index contributed by atoms with van der Waals surface area (Å²) in [4.78, 5) is 18.6. The first-order valence-corrected chi connectivity index (χ1v) is 8.17. The summed E-state index contributed by atoms with van der Waals surface area (Å²) in [7, 11) is 0. The molecule has 0 aliphatic rings. The predicted octanol–water partition coefficient (Wildman–Crippen LogP) is 2.41. The van der Waals surface area contributed by atoms with Gasteiger partial charge in [-0.15, -0.1) is 6.58 Å². The van der Waals surface area contributed by atoms with Gasteiger partial charge >= 0.3 is 0 Å². The van der Waals surface area contributed by atoms with Gasteiger partial charge in [0.1, 0.15) is 0 Å². The second kappa shape index (κ2) is 10.4. The molecule has 1 rings (SSSR count). The third-order valence-corrected chi connectivity index (χ3v) is 3.43. The van der Waals surface area contributed by atoms with Crippen LogP contribution in [0.5, 0.6) is 0 Å². The molecular formula is C18H28N4O. The molecule has 0 atom stereocenters. The molecule has 0 saturated heterocycles. The van der Waals surface area contributed by atoms with Crippen molar-refractivity contribution in [2.24, 2.45) is 4.99 Å². The quantitative estimate of drug-likeness (QED) is 0.440. The third-order valence-electron chi connectivity index (χ3n) is 3.43. The molecule has 1 aromatic rings. The van der Waals surface area contributed by atoms with Crippen LogP contribution in [-0.4, -0.2) is 42.9 Å². The summed E-state index contributed by atoms with van der Waals surface area (Å²) >= 11 is 0. The number of hydrogen-bond donors (Lipinski definition) is 2. The summed E-state index contributed by atoms with van der Waals surface area (Å²) in [5.41, 5.74) is 1.79. The number of rotatable bonds is 8. The number of carbonyl (C=O) groups excluding carboxylic acids is 1. The summed E-state index contributed by atoms with van der Waals surface area (Å²) in [5, 5.41) is 6.34. The maximum absolute atomic E-state index is 12.3. The van der Waals surface area contributed by atoms with Crippen LogP contribution in [0.1, 0.15) is 36.7 Å². The molecule has 0 aromatic heterocycles. The van der Waals surface area contributed by atoms with Gasteiger partial charge in [-0.2, -0.15) is 0 Å². The largest absolute Gasteiger partial charge is 0.357 e. The lowest BCUT2D eigenvalue weighted by Gasteiger charge is -2.18. The summed E-state index contributed by atoms with van der Waals surface area (Å²) in [6.07, 6.45) is 1.79. The molecule has 1 aromatic carbocycles. The van der Waals surface area contributed by atoms with E-state index < -0.39 is 0 Å². The molecule has 5 heteroatoms. The lowest BCUT2D eigenvalue weighted by atomic mass is 10.1. The molecule has 0 fully saturated rings.